The van der Waals surface area contributed by atoms with Gasteiger partial charge in [0.25, 0.3) is 5.91 Å². The van der Waals surface area contributed by atoms with Crippen molar-refractivity contribution in [3.05, 3.63) is 59.7 Å². The molecule has 4 amide bonds. The van der Waals surface area contributed by atoms with Crippen LogP contribution in [0.4, 0.5) is 10.5 Å². The number of anilines is 1. The number of fused-ring (bicyclic) bond motifs is 1. The first-order valence-electron chi connectivity index (χ1n) is 8.33. The van der Waals surface area contributed by atoms with Crippen LogP contribution in [0.5, 0.6) is 0 Å². The molecule has 0 aromatic heterocycles. The molecule has 0 fully saturated rings. The van der Waals surface area contributed by atoms with E-state index < -0.39 is 24.0 Å². The van der Waals surface area contributed by atoms with Crippen LogP contribution >= 0.6 is 11.8 Å². The van der Waals surface area contributed by atoms with Crippen LogP contribution in [0.2, 0.25) is 0 Å². The molecule has 1 aliphatic rings. The van der Waals surface area contributed by atoms with Gasteiger partial charge in [-0.15, -0.1) is 11.8 Å². The fourth-order valence-electron chi connectivity index (χ4n) is 2.53. The van der Waals surface area contributed by atoms with Crippen LogP contribution < -0.4 is 16.0 Å². The zero-order valence-corrected chi connectivity index (χ0v) is 15.7. The quantitative estimate of drug-likeness (QED) is 0.679. The summed E-state index contributed by atoms with van der Waals surface area (Å²) in [5.41, 5.74) is 1.11. The molecule has 0 spiro atoms. The summed E-state index contributed by atoms with van der Waals surface area (Å²) < 4.78 is 5.40. The summed E-state index contributed by atoms with van der Waals surface area (Å²) in [7, 11) is 1.37. The van der Waals surface area contributed by atoms with Crippen molar-refractivity contribution in [1.82, 2.24) is 10.6 Å². The van der Waals surface area contributed by atoms with E-state index in [1.165, 1.54) is 24.9 Å². The van der Waals surface area contributed by atoms with Crippen LogP contribution in [-0.4, -0.2) is 36.6 Å². The first-order valence-corrected chi connectivity index (χ1v) is 9.31. The topological polar surface area (TPSA) is 114 Å². The highest BCUT2D eigenvalue weighted by Gasteiger charge is 2.27. The minimum Gasteiger partial charge on any atom is -0.444 e. The van der Waals surface area contributed by atoms with Crippen LogP contribution in [-0.2, 0) is 14.3 Å². The average Bonchev–Trinajstić information content (AvgIpc) is 2.71. The van der Waals surface area contributed by atoms with Gasteiger partial charge in [0.05, 0.1) is 17.0 Å². The second-order valence-electron chi connectivity index (χ2n) is 5.81. The number of carbonyl (C=O) groups is 4. The molecule has 0 saturated carbocycles. The fourth-order valence-corrected chi connectivity index (χ4v) is 3.31. The van der Waals surface area contributed by atoms with Gasteiger partial charge in [-0.05, 0) is 18.2 Å². The van der Waals surface area contributed by atoms with Crippen LogP contribution in [0.3, 0.4) is 0 Å². The third kappa shape index (κ3) is 4.49. The number of imide groups is 1. The van der Waals surface area contributed by atoms with E-state index in [-0.39, 0.29) is 11.5 Å². The Morgan fingerprint density at radius 1 is 1.14 bits per heavy atom. The molecular formula is C19H17N3O5S. The third-order valence-corrected chi connectivity index (χ3v) is 4.95. The van der Waals surface area contributed by atoms with Gasteiger partial charge >= 0.3 is 12.0 Å². The molecule has 3 rings (SSSR count). The Kier molecular flexibility index (Phi) is 5.95. The Labute approximate surface area is 165 Å². The van der Waals surface area contributed by atoms with Crippen molar-refractivity contribution < 1.29 is 23.9 Å². The Bertz CT molecular complexity index is 932. The molecule has 3 N–H and O–H groups in total. The zero-order valence-electron chi connectivity index (χ0n) is 14.9. The Balaban J connectivity index is 1.83. The van der Waals surface area contributed by atoms with Gasteiger partial charge in [-0.1, -0.05) is 30.3 Å². The van der Waals surface area contributed by atoms with Crippen LogP contribution in [0.1, 0.15) is 22.0 Å². The lowest BCUT2D eigenvalue weighted by atomic mass is 10.1. The molecular weight excluding hydrogens is 382 g/mol. The van der Waals surface area contributed by atoms with Gasteiger partial charge in [0.2, 0.25) is 12.0 Å². The Morgan fingerprint density at radius 2 is 1.89 bits per heavy atom. The predicted molar refractivity (Wildman–Crippen MR) is 103 cm³/mol. The van der Waals surface area contributed by atoms with Crippen molar-refractivity contribution in [3.63, 3.8) is 0 Å². The molecule has 1 aliphatic heterocycles. The number of esters is 1. The standard InChI is InChI=1S/C19H17N3O5S/c1-20-19(26)22-17(24)16(11-5-3-2-4-6-11)27-18(25)12-7-8-14-13(9-12)21-15(23)10-28-14/h2-9,16H,10H2,1H3,(H,21,23)(H2,20,22,24,26). The number of carbonyl (C=O) groups excluding carboxylic acids is 4. The summed E-state index contributed by atoms with van der Waals surface area (Å²) in [5.74, 6) is -1.38. The second-order valence-corrected chi connectivity index (χ2v) is 6.83. The number of urea groups is 1. The number of amides is 4. The van der Waals surface area contributed by atoms with Gasteiger partial charge in [-0.25, -0.2) is 9.59 Å². The fraction of sp³-hybridized carbons (Fsp3) is 0.158. The Hall–Kier alpha value is -3.33. The van der Waals surface area contributed by atoms with E-state index in [1.807, 2.05) is 0 Å². The molecule has 0 bridgehead atoms. The van der Waals surface area contributed by atoms with Crippen LogP contribution in [0.25, 0.3) is 0 Å². The van der Waals surface area contributed by atoms with Crippen LogP contribution in [0.15, 0.2) is 53.4 Å². The minimum atomic E-state index is -1.31. The highest BCUT2D eigenvalue weighted by molar-refractivity contribution is 8.00. The van der Waals surface area contributed by atoms with E-state index in [4.69, 9.17) is 4.74 Å². The molecule has 1 unspecified atom stereocenters. The SMILES string of the molecule is CNC(=O)NC(=O)C(OC(=O)c1ccc2c(c1)NC(=O)CS2)c1ccccc1. The normalized spacial score (nSPS) is 13.5. The van der Waals surface area contributed by atoms with Crippen LogP contribution in [0, 0.1) is 0 Å². The van der Waals surface area contributed by atoms with E-state index in [2.05, 4.69) is 16.0 Å². The van der Waals surface area contributed by atoms with E-state index in [0.29, 0.717) is 17.0 Å². The lowest BCUT2D eigenvalue weighted by molar-refractivity contribution is -0.129. The largest absolute Gasteiger partial charge is 0.444 e. The number of ether oxygens (including phenoxy) is 1. The summed E-state index contributed by atoms with van der Waals surface area (Å²) in [6, 6.07) is 12.4. The first-order chi connectivity index (χ1) is 13.5. The molecule has 0 aliphatic carbocycles. The van der Waals surface area contributed by atoms with E-state index in [0.717, 1.165) is 4.90 Å². The van der Waals surface area contributed by atoms with Crippen molar-refractivity contribution in [2.45, 2.75) is 11.0 Å². The molecule has 1 heterocycles. The van der Waals surface area contributed by atoms with E-state index >= 15 is 0 Å². The van der Waals surface area contributed by atoms with Gasteiger partial charge in [-0.2, -0.15) is 0 Å². The van der Waals surface area contributed by atoms with Crippen molar-refractivity contribution in [2.75, 3.05) is 18.1 Å². The van der Waals surface area contributed by atoms with Crippen molar-refractivity contribution in [2.24, 2.45) is 0 Å². The summed E-state index contributed by atoms with van der Waals surface area (Å²) in [6.45, 7) is 0. The van der Waals surface area contributed by atoms with Crippen molar-refractivity contribution >= 4 is 41.3 Å². The molecule has 9 heteroatoms. The predicted octanol–water partition coefficient (Wildman–Crippen LogP) is 2.08. The highest BCUT2D eigenvalue weighted by Crippen LogP contribution is 2.32. The third-order valence-electron chi connectivity index (χ3n) is 3.88. The summed E-state index contributed by atoms with van der Waals surface area (Å²) in [4.78, 5) is 49.0. The number of hydrogen-bond donors (Lipinski definition) is 3. The maximum atomic E-state index is 12.6. The molecule has 8 nitrogen and oxygen atoms in total. The molecule has 0 saturated heterocycles. The van der Waals surface area contributed by atoms with Crippen molar-refractivity contribution in [3.8, 4) is 0 Å². The summed E-state index contributed by atoms with van der Waals surface area (Å²) in [6.07, 6.45) is -1.31. The lowest BCUT2D eigenvalue weighted by Gasteiger charge is -2.19. The smallest absolute Gasteiger partial charge is 0.339 e. The molecule has 2 aromatic carbocycles. The number of nitrogens with one attached hydrogen (secondary N) is 3. The zero-order chi connectivity index (χ0) is 20.1. The van der Waals surface area contributed by atoms with Gasteiger partial charge in [0.1, 0.15) is 0 Å². The number of thioether (sulfide) groups is 1. The highest BCUT2D eigenvalue weighted by atomic mass is 32.2. The molecule has 1 atom stereocenters. The van der Waals surface area contributed by atoms with Gasteiger partial charge in [-0.3, -0.25) is 14.9 Å². The lowest BCUT2D eigenvalue weighted by Crippen LogP contribution is -2.41. The molecule has 2 aromatic rings. The summed E-state index contributed by atoms with van der Waals surface area (Å²) >= 11 is 1.37. The first kappa shape index (κ1) is 19.4. The monoisotopic (exact) mass is 399 g/mol. The van der Waals surface area contributed by atoms with E-state index in [1.54, 1.807) is 42.5 Å². The molecule has 28 heavy (non-hydrogen) atoms. The molecule has 0 radical (unpaired) electrons. The minimum absolute atomic E-state index is 0.157. The summed E-state index contributed by atoms with van der Waals surface area (Å²) in [5, 5.41) is 7.08. The Morgan fingerprint density at radius 3 is 2.61 bits per heavy atom. The van der Waals surface area contributed by atoms with Gasteiger partial charge in [0.15, 0.2) is 0 Å². The number of benzene rings is 2. The maximum absolute atomic E-state index is 12.6. The maximum Gasteiger partial charge on any atom is 0.339 e. The van der Waals surface area contributed by atoms with E-state index in [9.17, 15) is 19.2 Å². The number of rotatable bonds is 4. The van der Waals surface area contributed by atoms with Crippen molar-refractivity contribution in [1.29, 1.82) is 0 Å². The van der Waals surface area contributed by atoms with Gasteiger partial charge in [0, 0.05) is 17.5 Å². The molecule has 144 valence electrons. The van der Waals surface area contributed by atoms with Gasteiger partial charge < -0.3 is 15.4 Å². The number of hydrogen-bond acceptors (Lipinski definition) is 6. The second kappa shape index (κ2) is 8.57. The average molecular weight is 399 g/mol.